The number of benzene rings is 1. The third-order valence-corrected chi connectivity index (χ3v) is 4.46. The van der Waals surface area contributed by atoms with Crippen LogP contribution >= 0.6 is 15.9 Å². The number of ether oxygens (including phenoxy) is 1. The van der Waals surface area contributed by atoms with Crippen LogP contribution in [0, 0.1) is 13.8 Å². The van der Waals surface area contributed by atoms with E-state index in [1.165, 1.54) is 0 Å². The summed E-state index contributed by atoms with van der Waals surface area (Å²) in [6, 6.07) is 10.1. The smallest absolute Gasteiger partial charge is 0.255 e. The summed E-state index contributed by atoms with van der Waals surface area (Å²) in [5, 5.41) is 0. The molecule has 0 aliphatic heterocycles. The highest BCUT2D eigenvalue weighted by atomic mass is 79.9. The normalized spacial score (nSPS) is 10.8. The Morgan fingerprint density at radius 3 is 2.52 bits per heavy atom. The van der Waals surface area contributed by atoms with Crippen LogP contribution in [0.15, 0.2) is 34.8 Å². The van der Waals surface area contributed by atoms with Gasteiger partial charge in [0.2, 0.25) is 0 Å². The second-order valence-electron chi connectivity index (χ2n) is 5.67. The van der Waals surface area contributed by atoms with Gasteiger partial charge in [0.15, 0.2) is 0 Å². The number of hydrogen-bond acceptors (Lipinski definition) is 2. The minimum atomic E-state index is 0.0533. The van der Waals surface area contributed by atoms with Gasteiger partial charge in [-0.2, -0.15) is 0 Å². The minimum absolute atomic E-state index is 0.0533. The fourth-order valence-corrected chi connectivity index (χ4v) is 2.98. The topological polar surface area (TPSA) is 34.5 Å². The molecule has 0 aliphatic rings. The Morgan fingerprint density at radius 2 is 1.91 bits per heavy atom. The fraction of sp³-hybridized carbons (Fsp3) is 0.389. The van der Waals surface area contributed by atoms with E-state index in [1.54, 1.807) is 12.0 Å². The molecule has 23 heavy (non-hydrogen) atoms. The van der Waals surface area contributed by atoms with Gasteiger partial charge in [0.25, 0.3) is 5.91 Å². The zero-order chi connectivity index (χ0) is 17.0. The number of amides is 1. The second kappa shape index (κ2) is 7.79. The number of carbonyl (C=O) groups is 1. The molecule has 4 nitrogen and oxygen atoms in total. The number of halogens is 1. The van der Waals surface area contributed by atoms with E-state index >= 15 is 0 Å². The summed E-state index contributed by atoms with van der Waals surface area (Å²) in [5.41, 5.74) is 3.83. The van der Waals surface area contributed by atoms with Crippen LogP contribution in [-0.4, -0.2) is 42.7 Å². The van der Waals surface area contributed by atoms with Crippen molar-refractivity contribution in [3.05, 3.63) is 51.8 Å². The van der Waals surface area contributed by atoms with Crippen LogP contribution in [0.2, 0.25) is 0 Å². The van der Waals surface area contributed by atoms with Crippen molar-refractivity contribution in [3.8, 4) is 5.69 Å². The first-order valence-electron chi connectivity index (χ1n) is 7.65. The fourth-order valence-electron chi connectivity index (χ4n) is 2.72. The molecule has 1 heterocycles. The van der Waals surface area contributed by atoms with Gasteiger partial charge in [0, 0.05) is 48.9 Å². The highest BCUT2D eigenvalue weighted by molar-refractivity contribution is 9.10. The van der Waals surface area contributed by atoms with Crippen LogP contribution in [-0.2, 0) is 4.74 Å². The molecule has 0 unspecified atom stereocenters. The van der Waals surface area contributed by atoms with Crippen molar-refractivity contribution in [2.75, 3.05) is 27.3 Å². The number of nitrogens with zero attached hydrogens (tertiary/aromatic N) is 2. The van der Waals surface area contributed by atoms with Gasteiger partial charge >= 0.3 is 0 Å². The van der Waals surface area contributed by atoms with E-state index in [2.05, 4.69) is 20.5 Å². The Hall–Kier alpha value is -1.59. The SMILES string of the molecule is COCCCN(C)C(=O)c1cc(C)n(-c2ccc(Br)cc2)c1C. The van der Waals surface area contributed by atoms with E-state index in [-0.39, 0.29) is 5.91 Å². The zero-order valence-corrected chi connectivity index (χ0v) is 15.7. The molecule has 0 saturated carbocycles. The third kappa shape index (κ3) is 4.03. The van der Waals surface area contributed by atoms with Crippen molar-refractivity contribution in [1.82, 2.24) is 9.47 Å². The molecule has 5 heteroatoms. The van der Waals surface area contributed by atoms with E-state index in [0.29, 0.717) is 13.2 Å². The molecule has 0 atom stereocenters. The maximum atomic E-state index is 12.7. The van der Waals surface area contributed by atoms with Crippen LogP contribution < -0.4 is 0 Å². The number of aryl methyl sites for hydroxylation is 1. The average Bonchev–Trinajstić information content (AvgIpc) is 2.82. The van der Waals surface area contributed by atoms with E-state index < -0.39 is 0 Å². The average molecular weight is 379 g/mol. The maximum absolute atomic E-state index is 12.7. The summed E-state index contributed by atoms with van der Waals surface area (Å²) in [7, 11) is 3.51. The quantitative estimate of drug-likeness (QED) is 0.712. The van der Waals surface area contributed by atoms with E-state index in [9.17, 15) is 4.79 Å². The molecule has 2 rings (SSSR count). The molecule has 2 aromatic rings. The minimum Gasteiger partial charge on any atom is -0.385 e. The van der Waals surface area contributed by atoms with Crippen LogP contribution in [0.3, 0.4) is 0 Å². The molecule has 0 aliphatic carbocycles. The third-order valence-electron chi connectivity index (χ3n) is 3.94. The first-order chi connectivity index (χ1) is 11.0. The summed E-state index contributed by atoms with van der Waals surface area (Å²) < 4.78 is 8.20. The lowest BCUT2D eigenvalue weighted by atomic mass is 10.2. The number of hydrogen-bond donors (Lipinski definition) is 0. The molecule has 0 N–H and O–H groups in total. The van der Waals surface area contributed by atoms with Gasteiger partial charge in [-0.05, 0) is 50.6 Å². The van der Waals surface area contributed by atoms with Crippen molar-refractivity contribution >= 4 is 21.8 Å². The molecule has 124 valence electrons. The van der Waals surface area contributed by atoms with E-state index in [1.807, 2.05) is 51.2 Å². The molecule has 0 radical (unpaired) electrons. The summed E-state index contributed by atoms with van der Waals surface area (Å²) >= 11 is 3.45. The Labute approximate surface area is 146 Å². The van der Waals surface area contributed by atoms with Crippen molar-refractivity contribution in [1.29, 1.82) is 0 Å². The molecule has 0 fully saturated rings. The van der Waals surface area contributed by atoms with Crippen molar-refractivity contribution in [2.45, 2.75) is 20.3 Å². The molecule has 1 aromatic heterocycles. The molecule has 0 saturated heterocycles. The lowest BCUT2D eigenvalue weighted by Gasteiger charge is -2.17. The molecule has 1 amide bonds. The Balaban J connectivity index is 2.26. The summed E-state index contributed by atoms with van der Waals surface area (Å²) in [5.74, 6) is 0.0533. The molecular weight excluding hydrogens is 356 g/mol. The number of methoxy groups -OCH3 is 1. The highest BCUT2D eigenvalue weighted by Gasteiger charge is 2.19. The number of rotatable bonds is 6. The number of carbonyl (C=O) groups excluding carboxylic acids is 1. The lowest BCUT2D eigenvalue weighted by molar-refractivity contribution is 0.0778. The Kier molecular flexibility index (Phi) is 6.02. The largest absolute Gasteiger partial charge is 0.385 e. The van der Waals surface area contributed by atoms with Gasteiger partial charge in [-0.1, -0.05) is 15.9 Å². The monoisotopic (exact) mass is 378 g/mol. The van der Waals surface area contributed by atoms with Gasteiger partial charge in [-0.15, -0.1) is 0 Å². The van der Waals surface area contributed by atoms with Gasteiger partial charge in [0.05, 0.1) is 5.56 Å². The summed E-state index contributed by atoms with van der Waals surface area (Å²) in [6.45, 7) is 5.37. The zero-order valence-electron chi connectivity index (χ0n) is 14.1. The predicted molar refractivity (Wildman–Crippen MR) is 96.4 cm³/mol. The molecular formula is C18H23BrN2O2. The van der Waals surface area contributed by atoms with E-state index in [4.69, 9.17) is 4.74 Å². The molecule has 1 aromatic carbocycles. The van der Waals surface area contributed by atoms with Crippen molar-refractivity contribution in [2.24, 2.45) is 0 Å². The van der Waals surface area contributed by atoms with Crippen LogP contribution in [0.4, 0.5) is 0 Å². The number of aromatic nitrogens is 1. The highest BCUT2D eigenvalue weighted by Crippen LogP contribution is 2.23. The van der Waals surface area contributed by atoms with Gasteiger partial charge < -0.3 is 14.2 Å². The second-order valence-corrected chi connectivity index (χ2v) is 6.59. The first-order valence-corrected chi connectivity index (χ1v) is 8.44. The van der Waals surface area contributed by atoms with Crippen molar-refractivity contribution in [3.63, 3.8) is 0 Å². The Bertz CT molecular complexity index is 677. The van der Waals surface area contributed by atoms with Gasteiger partial charge in [-0.3, -0.25) is 4.79 Å². The van der Waals surface area contributed by atoms with Gasteiger partial charge in [-0.25, -0.2) is 0 Å². The molecule has 0 spiro atoms. The maximum Gasteiger partial charge on any atom is 0.255 e. The van der Waals surface area contributed by atoms with Crippen LogP contribution in [0.25, 0.3) is 5.69 Å². The predicted octanol–water partition coefficient (Wildman–Crippen LogP) is 3.97. The summed E-state index contributed by atoms with van der Waals surface area (Å²) in [6.07, 6.45) is 0.837. The standard InChI is InChI=1S/C18H23BrN2O2/c1-13-12-17(18(22)20(3)10-5-11-23-4)14(2)21(13)16-8-6-15(19)7-9-16/h6-9,12H,5,10-11H2,1-4H3. The van der Waals surface area contributed by atoms with E-state index in [0.717, 1.165) is 33.5 Å². The van der Waals surface area contributed by atoms with Crippen LogP contribution in [0.5, 0.6) is 0 Å². The first kappa shape index (κ1) is 17.8. The van der Waals surface area contributed by atoms with Crippen LogP contribution in [0.1, 0.15) is 28.2 Å². The lowest BCUT2D eigenvalue weighted by Crippen LogP contribution is -2.28. The van der Waals surface area contributed by atoms with Crippen molar-refractivity contribution < 1.29 is 9.53 Å². The van der Waals surface area contributed by atoms with Gasteiger partial charge in [0.1, 0.15) is 0 Å². The summed E-state index contributed by atoms with van der Waals surface area (Å²) in [4.78, 5) is 14.4. The molecule has 0 bridgehead atoms. The Morgan fingerprint density at radius 1 is 1.26 bits per heavy atom.